The lowest BCUT2D eigenvalue weighted by Gasteiger charge is -2.28. The number of anilines is 1. The second-order valence-corrected chi connectivity index (χ2v) is 14.7. The Bertz CT molecular complexity index is 1660. The summed E-state index contributed by atoms with van der Waals surface area (Å²) in [6.07, 6.45) is -1.52. The molecule has 1 aliphatic rings. The van der Waals surface area contributed by atoms with Crippen molar-refractivity contribution in [1.82, 2.24) is 19.5 Å². The third-order valence-corrected chi connectivity index (χ3v) is 6.64. The Morgan fingerprint density at radius 3 is 2.04 bits per heavy atom. The number of ether oxygens (including phenoxy) is 7. The molecule has 0 bridgehead atoms. The van der Waals surface area contributed by atoms with Crippen LogP contribution in [0.5, 0.6) is 0 Å². The van der Waals surface area contributed by atoms with E-state index in [-0.39, 0.29) is 23.6 Å². The van der Waals surface area contributed by atoms with E-state index in [0.717, 1.165) is 6.92 Å². The van der Waals surface area contributed by atoms with Gasteiger partial charge in [0.1, 0.15) is 22.9 Å². The third kappa shape index (κ3) is 10.7. The van der Waals surface area contributed by atoms with Crippen molar-refractivity contribution in [3.63, 3.8) is 0 Å². The summed E-state index contributed by atoms with van der Waals surface area (Å²) in [7, 11) is 0. The number of fused-ring (bicyclic) bond motifs is 1. The molecule has 2 aromatic rings. The fourth-order valence-electron chi connectivity index (χ4n) is 4.66. The summed E-state index contributed by atoms with van der Waals surface area (Å²) in [4.78, 5) is 77.8. The number of halogens is 1. The van der Waals surface area contributed by atoms with Crippen LogP contribution in [0.15, 0.2) is 6.33 Å². The Morgan fingerprint density at radius 2 is 1.55 bits per heavy atom. The zero-order valence-corrected chi connectivity index (χ0v) is 31.2. The molecule has 280 valence electrons. The number of carbonyl (C=O) groups is 5. The van der Waals surface area contributed by atoms with Crippen molar-refractivity contribution in [3.8, 4) is 12.3 Å². The summed E-state index contributed by atoms with van der Waals surface area (Å²) in [6, 6.07) is 0. The molecule has 17 nitrogen and oxygen atoms in total. The van der Waals surface area contributed by atoms with Gasteiger partial charge in [0.2, 0.25) is 11.4 Å². The number of Topliss-reactive ketones (excluding diaryl/α,β-unsaturated/α-hetero) is 1. The van der Waals surface area contributed by atoms with Gasteiger partial charge in [-0.15, -0.1) is 6.42 Å². The normalized spacial score (nSPS) is 19.8. The molecule has 1 saturated heterocycles. The van der Waals surface area contributed by atoms with E-state index in [0.29, 0.717) is 4.90 Å². The first-order chi connectivity index (χ1) is 23.5. The van der Waals surface area contributed by atoms with E-state index in [1.165, 1.54) is 10.9 Å². The molecule has 3 rings (SSSR count). The van der Waals surface area contributed by atoms with Gasteiger partial charge >= 0.3 is 24.3 Å². The van der Waals surface area contributed by atoms with Crippen LogP contribution in [0.3, 0.4) is 0 Å². The molecule has 0 aromatic carbocycles. The summed E-state index contributed by atoms with van der Waals surface area (Å²) in [5, 5.41) is -0.425. The molecule has 2 aromatic heterocycles. The molecule has 18 heteroatoms. The Kier molecular flexibility index (Phi) is 12.7. The number of aromatic nitrogens is 4. The molecule has 0 N–H and O–H groups in total. The molecule has 3 heterocycles. The van der Waals surface area contributed by atoms with Crippen molar-refractivity contribution in [2.24, 2.45) is 5.92 Å². The monoisotopic (exact) mass is 737 g/mol. The molecule has 0 spiro atoms. The van der Waals surface area contributed by atoms with Crippen molar-refractivity contribution in [2.45, 2.75) is 118 Å². The maximum absolute atomic E-state index is 13.5. The fraction of sp³-hybridized carbons (Fsp3) is 0.636. The molecule has 0 saturated carbocycles. The molecule has 0 aliphatic carbocycles. The summed E-state index contributed by atoms with van der Waals surface area (Å²) in [6.45, 7) is 16.8. The van der Waals surface area contributed by atoms with Gasteiger partial charge < -0.3 is 33.2 Å². The van der Waals surface area contributed by atoms with E-state index in [4.69, 9.17) is 51.2 Å². The number of hydrogen-bond acceptors (Lipinski definition) is 15. The minimum atomic E-state index is -1.58. The van der Waals surface area contributed by atoms with Crippen LogP contribution >= 0.6 is 11.6 Å². The minimum Gasteiger partial charge on any atom is -0.464 e. The SMILES string of the molecule is C#C[C@@H]1[C@@H](OC(=O)OC(C)(C)C)[C@H](n2cnc3c(N(C(=O)OC(C)(C)C)C(=O)OC(C)(C)C)nc(Cl)nc32)O[C@@H]1COC(C(C)=O)C(=O)OCC. The lowest BCUT2D eigenvalue weighted by Crippen LogP contribution is -2.44. The highest BCUT2D eigenvalue weighted by Gasteiger charge is 2.49. The molecule has 5 atom stereocenters. The molecular formula is C33H44ClN5O12. The van der Waals surface area contributed by atoms with Crippen LogP contribution in [0.2, 0.25) is 5.28 Å². The molecule has 1 fully saturated rings. The zero-order valence-electron chi connectivity index (χ0n) is 30.5. The Morgan fingerprint density at radius 1 is 0.980 bits per heavy atom. The molecule has 2 amide bonds. The highest BCUT2D eigenvalue weighted by molar-refractivity contribution is 6.29. The number of carbonyl (C=O) groups excluding carboxylic acids is 5. The maximum Gasteiger partial charge on any atom is 0.509 e. The average Bonchev–Trinajstić information content (AvgIpc) is 3.50. The predicted molar refractivity (Wildman–Crippen MR) is 180 cm³/mol. The van der Waals surface area contributed by atoms with Gasteiger partial charge in [0.05, 0.1) is 25.5 Å². The predicted octanol–water partition coefficient (Wildman–Crippen LogP) is 5.16. The molecule has 1 aliphatic heterocycles. The molecular weight excluding hydrogens is 694 g/mol. The standard InChI is InChI=1S/C33H44ClN5O12/c1-13-18-19(15-46-21(17(3)40)26(41)45-14-2)47-25(22(18)48-30(44)51-33(10,11)12)38-16-35-20-23(38)36-27(34)37-24(20)39(28(42)49-31(4,5)6)29(43)50-32(7,8)9/h1,16,18-19,21-22,25H,14-15H2,2-12H3/t18-,19+,21?,22+,25+/m0/s1. The number of amides is 2. The second-order valence-electron chi connectivity index (χ2n) is 14.3. The van der Waals surface area contributed by atoms with Gasteiger partial charge in [0.25, 0.3) is 0 Å². The van der Waals surface area contributed by atoms with Crippen molar-refractivity contribution in [3.05, 3.63) is 11.6 Å². The van der Waals surface area contributed by atoms with Crippen LogP contribution in [-0.4, -0.2) is 97.9 Å². The topological polar surface area (TPSA) is 197 Å². The molecule has 0 radical (unpaired) electrons. The second kappa shape index (κ2) is 15.8. The molecule has 1 unspecified atom stereocenters. The number of imide groups is 1. The van der Waals surface area contributed by atoms with Crippen LogP contribution in [0, 0.1) is 18.3 Å². The number of esters is 1. The largest absolute Gasteiger partial charge is 0.509 e. The van der Waals surface area contributed by atoms with E-state index in [1.54, 1.807) is 69.2 Å². The van der Waals surface area contributed by atoms with E-state index < -0.39 is 89.2 Å². The average molecular weight is 738 g/mol. The smallest absolute Gasteiger partial charge is 0.464 e. The lowest BCUT2D eigenvalue weighted by atomic mass is 9.99. The first-order valence-electron chi connectivity index (χ1n) is 15.9. The van der Waals surface area contributed by atoms with Crippen molar-refractivity contribution in [1.29, 1.82) is 0 Å². The van der Waals surface area contributed by atoms with E-state index in [2.05, 4.69) is 20.9 Å². The van der Waals surface area contributed by atoms with Crippen molar-refractivity contribution in [2.75, 3.05) is 18.1 Å². The van der Waals surface area contributed by atoms with E-state index >= 15 is 0 Å². The number of terminal acetylenes is 1. The lowest BCUT2D eigenvalue weighted by molar-refractivity contribution is -0.164. The van der Waals surface area contributed by atoms with Gasteiger partial charge in [-0.1, -0.05) is 5.92 Å². The van der Waals surface area contributed by atoms with Gasteiger partial charge in [-0.25, -0.2) is 24.2 Å². The Labute approximate surface area is 300 Å². The fourth-order valence-corrected chi connectivity index (χ4v) is 4.82. The minimum absolute atomic E-state index is 0.00610. The number of imidazole rings is 1. The number of rotatable bonds is 9. The highest BCUT2D eigenvalue weighted by atomic mass is 35.5. The Hall–Kier alpha value is -4.53. The van der Waals surface area contributed by atoms with Gasteiger partial charge in [0.15, 0.2) is 35.1 Å². The maximum atomic E-state index is 13.5. The third-order valence-electron chi connectivity index (χ3n) is 6.47. The van der Waals surface area contributed by atoms with Crippen molar-refractivity contribution >= 4 is 58.7 Å². The first kappa shape index (κ1) is 40.9. The summed E-state index contributed by atoms with van der Waals surface area (Å²) in [5.41, 5.74) is -3.24. The zero-order chi connectivity index (χ0) is 38.6. The Balaban J connectivity index is 2.16. The summed E-state index contributed by atoms with van der Waals surface area (Å²) < 4.78 is 40.2. The van der Waals surface area contributed by atoms with Crippen molar-refractivity contribution < 1.29 is 57.1 Å². The van der Waals surface area contributed by atoms with Crippen LogP contribution in [0.25, 0.3) is 11.2 Å². The summed E-state index contributed by atoms with van der Waals surface area (Å²) >= 11 is 6.36. The highest BCUT2D eigenvalue weighted by Crippen LogP contribution is 2.39. The van der Waals surface area contributed by atoms with Gasteiger partial charge in [-0.3, -0.25) is 9.36 Å². The van der Waals surface area contributed by atoms with Crippen LogP contribution < -0.4 is 4.90 Å². The quantitative estimate of drug-likeness (QED) is 0.107. The number of hydrogen-bond donors (Lipinski definition) is 0. The van der Waals surface area contributed by atoms with Crippen LogP contribution in [0.1, 0.15) is 82.4 Å². The van der Waals surface area contributed by atoms with E-state index in [9.17, 15) is 24.0 Å². The first-order valence-corrected chi connectivity index (χ1v) is 16.3. The number of ketones is 1. The van der Waals surface area contributed by atoms with Gasteiger partial charge in [0, 0.05) is 0 Å². The van der Waals surface area contributed by atoms with Gasteiger partial charge in [-0.2, -0.15) is 14.9 Å². The van der Waals surface area contributed by atoms with E-state index in [1.807, 2.05) is 0 Å². The van der Waals surface area contributed by atoms with Crippen LogP contribution in [-0.2, 0) is 42.7 Å². The van der Waals surface area contributed by atoms with Gasteiger partial charge in [-0.05, 0) is 87.8 Å². The van der Waals surface area contributed by atoms with Crippen LogP contribution in [0.4, 0.5) is 20.2 Å². The molecule has 51 heavy (non-hydrogen) atoms. The number of nitrogens with zero attached hydrogens (tertiary/aromatic N) is 5. The summed E-state index contributed by atoms with van der Waals surface area (Å²) in [5.74, 6) is -0.434.